The molecule has 2 atom stereocenters. The third-order valence-corrected chi connectivity index (χ3v) is 2.48. The van der Waals surface area contributed by atoms with Crippen LogP contribution in [-0.4, -0.2) is 25.5 Å². The lowest BCUT2D eigenvalue weighted by Gasteiger charge is -2.22. The van der Waals surface area contributed by atoms with E-state index >= 15 is 0 Å². The maximum atomic E-state index is 11.1. The molecule has 0 aromatic rings. The summed E-state index contributed by atoms with van der Waals surface area (Å²) in [5.74, 6) is 1.16. The van der Waals surface area contributed by atoms with Gasteiger partial charge in [0.05, 0.1) is 0 Å². The van der Waals surface area contributed by atoms with Crippen molar-refractivity contribution in [2.24, 2.45) is 11.8 Å². The number of carbonyl (C=O) groups excluding carboxylic acids is 1. The van der Waals surface area contributed by atoms with Crippen LogP contribution >= 0.6 is 0 Å². The molecule has 1 unspecified atom stereocenters. The minimum absolute atomic E-state index is 0.270. The zero-order valence-electron chi connectivity index (χ0n) is 5.89. The standard InChI is InChI=1S/C7H12N2O/c10-7-6-1-2-8-3-5(6)4-9-7/h5-6,8H,1-4H2,(H,9,10)/t5-,6?/m0/s1. The van der Waals surface area contributed by atoms with Gasteiger partial charge in [0.2, 0.25) is 5.91 Å². The second-order valence-corrected chi connectivity index (χ2v) is 3.10. The molecule has 0 spiro atoms. The first kappa shape index (κ1) is 6.16. The highest BCUT2D eigenvalue weighted by atomic mass is 16.2. The molecule has 2 rings (SSSR count). The van der Waals surface area contributed by atoms with Crippen molar-refractivity contribution >= 4 is 5.91 Å². The van der Waals surface area contributed by atoms with Crippen molar-refractivity contribution in [3.8, 4) is 0 Å². The van der Waals surface area contributed by atoms with Gasteiger partial charge in [-0.3, -0.25) is 4.79 Å². The Balaban J connectivity index is 2.08. The Morgan fingerprint density at radius 1 is 1.40 bits per heavy atom. The average Bonchev–Trinajstić information content (AvgIpc) is 2.34. The molecule has 0 aliphatic carbocycles. The van der Waals surface area contributed by atoms with Crippen molar-refractivity contribution in [2.45, 2.75) is 6.42 Å². The summed E-state index contributed by atoms with van der Waals surface area (Å²) in [6.07, 6.45) is 1.02. The first-order chi connectivity index (χ1) is 4.88. The zero-order valence-corrected chi connectivity index (χ0v) is 5.89. The van der Waals surface area contributed by atoms with E-state index in [9.17, 15) is 4.79 Å². The Kier molecular flexibility index (Phi) is 1.38. The molecule has 2 fully saturated rings. The van der Waals surface area contributed by atoms with E-state index in [2.05, 4.69) is 10.6 Å². The van der Waals surface area contributed by atoms with E-state index in [0.29, 0.717) is 11.8 Å². The second-order valence-electron chi connectivity index (χ2n) is 3.10. The monoisotopic (exact) mass is 140 g/mol. The fourth-order valence-corrected chi connectivity index (χ4v) is 1.85. The number of fused-ring (bicyclic) bond motifs is 1. The Labute approximate surface area is 60.2 Å². The summed E-state index contributed by atoms with van der Waals surface area (Å²) in [5, 5.41) is 6.17. The van der Waals surface area contributed by atoms with Crippen molar-refractivity contribution < 1.29 is 4.79 Å². The van der Waals surface area contributed by atoms with Crippen LogP contribution in [0.1, 0.15) is 6.42 Å². The number of amides is 1. The Morgan fingerprint density at radius 3 is 3.10 bits per heavy atom. The summed E-state index contributed by atoms with van der Waals surface area (Å²) >= 11 is 0. The minimum Gasteiger partial charge on any atom is -0.355 e. The summed E-state index contributed by atoms with van der Waals surface area (Å²) in [5.41, 5.74) is 0. The fourth-order valence-electron chi connectivity index (χ4n) is 1.85. The quantitative estimate of drug-likeness (QED) is 0.469. The fraction of sp³-hybridized carbons (Fsp3) is 0.857. The van der Waals surface area contributed by atoms with Gasteiger partial charge in [0.15, 0.2) is 0 Å². The van der Waals surface area contributed by atoms with Crippen LogP contribution in [-0.2, 0) is 4.79 Å². The Bertz CT molecular complexity index is 158. The van der Waals surface area contributed by atoms with E-state index in [0.717, 1.165) is 26.1 Å². The van der Waals surface area contributed by atoms with Gasteiger partial charge in [-0.25, -0.2) is 0 Å². The molecule has 1 amide bonds. The average molecular weight is 140 g/mol. The first-order valence-electron chi connectivity index (χ1n) is 3.86. The number of hydrogen-bond acceptors (Lipinski definition) is 2. The second kappa shape index (κ2) is 2.23. The maximum Gasteiger partial charge on any atom is 0.223 e. The van der Waals surface area contributed by atoms with Gasteiger partial charge in [-0.1, -0.05) is 0 Å². The highest BCUT2D eigenvalue weighted by Crippen LogP contribution is 2.22. The molecule has 56 valence electrons. The number of hydrogen-bond donors (Lipinski definition) is 2. The molecule has 2 N–H and O–H groups in total. The van der Waals surface area contributed by atoms with Crippen molar-refractivity contribution in [3.05, 3.63) is 0 Å². The highest BCUT2D eigenvalue weighted by molar-refractivity contribution is 5.81. The third kappa shape index (κ3) is 0.814. The smallest absolute Gasteiger partial charge is 0.223 e. The topological polar surface area (TPSA) is 41.1 Å². The lowest BCUT2D eigenvalue weighted by molar-refractivity contribution is -0.123. The van der Waals surface area contributed by atoms with Crippen LogP contribution in [0, 0.1) is 11.8 Å². The van der Waals surface area contributed by atoms with Crippen LogP contribution in [0.5, 0.6) is 0 Å². The van der Waals surface area contributed by atoms with Crippen LogP contribution in [0.3, 0.4) is 0 Å². The van der Waals surface area contributed by atoms with Crippen LogP contribution in [0.15, 0.2) is 0 Å². The summed E-state index contributed by atoms with van der Waals surface area (Å²) < 4.78 is 0. The van der Waals surface area contributed by atoms with Crippen LogP contribution in [0.4, 0.5) is 0 Å². The molecule has 3 heteroatoms. The van der Waals surface area contributed by atoms with Crippen molar-refractivity contribution in [1.29, 1.82) is 0 Å². The minimum atomic E-state index is 0.270. The van der Waals surface area contributed by atoms with E-state index in [-0.39, 0.29) is 5.91 Å². The normalized spacial score (nSPS) is 39.0. The number of rotatable bonds is 0. The Morgan fingerprint density at radius 2 is 2.30 bits per heavy atom. The molecule has 0 saturated carbocycles. The van der Waals surface area contributed by atoms with Gasteiger partial charge in [0.1, 0.15) is 0 Å². The van der Waals surface area contributed by atoms with Crippen LogP contribution in [0.2, 0.25) is 0 Å². The molecule has 2 heterocycles. The molecular formula is C7H12N2O. The summed E-state index contributed by atoms with van der Waals surface area (Å²) in [4.78, 5) is 11.1. The number of carbonyl (C=O) groups is 1. The summed E-state index contributed by atoms with van der Waals surface area (Å²) in [6, 6.07) is 0. The zero-order chi connectivity index (χ0) is 6.97. The van der Waals surface area contributed by atoms with Crippen LogP contribution in [0.25, 0.3) is 0 Å². The third-order valence-electron chi connectivity index (χ3n) is 2.48. The number of nitrogens with one attached hydrogen (secondary N) is 2. The van der Waals surface area contributed by atoms with Gasteiger partial charge >= 0.3 is 0 Å². The predicted octanol–water partition coefficient (Wildman–Crippen LogP) is -0.658. The Hall–Kier alpha value is -0.570. The van der Waals surface area contributed by atoms with Gasteiger partial charge in [0.25, 0.3) is 0 Å². The summed E-state index contributed by atoms with van der Waals surface area (Å²) in [6.45, 7) is 2.91. The van der Waals surface area contributed by atoms with Crippen molar-refractivity contribution in [1.82, 2.24) is 10.6 Å². The lowest BCUT2D eigenvalue weighted by Crippen LogP contribution is -2.36. The molecule has 3 nitrogen and oxygen atoms in total. The molecule has 10 heavy (non-hydrogen) atoms. The molecule has 0 radical (unpaired) electrons. The lowest BCUT2D eigenvalue weighted by atomic mass is 9.89. The first-order valence-corrected chi connectivity index (χ1v) is 3.86. The summed E-state index contributed by atoms with van der Waals surface area (Å²) in [7, 11) is 0. The van der Waals surface area contributed by atoms with E-state index in [1.54, 1.807) is 0 Å². The molecule has 0 aromatic heterocycles. The van der Waals surface area contributed by atoms with Gasteiger partial charge in [0, 0.05) is 24.9 Å². The van der Waals surface area contributed by atoms with Gasteiger partial charge in [-0.05, 0) is 13.0 Å². The molecule has 2 aliphatic heterocycles. The van der Waals surface area contributed by atoms with Gasteiger partial charge in [-0.2, -0.15) is 0 Å². The maximum absolute atomic E-state index is 11.1. The SMILES string of the molecule is O=C1NC[C@@H]2CNCCC12. The predicted molar refractivity (Wildman–Crippen MR) is 37.5 cm³/mol. The van der Waals surface area contributed by atoms with E-state index in [4.69, 9.17) is 0 Å². The van der Waals surface area contributed by atoms with Crippen molar-refractivity contribution in [2.75, 3.05) is 19.6 Å². The molecule has 0 aromatic carbocycles. The van der Waals surface area contributed by atoms with E-state index in [1.165, 1.54) is 0 Å². The van der Waals surface area contributed by atoms with Crippen LogP contribution < -0.4 is 10.6 Å². The molecule has 0 bridgehead atoms. The van der Waals surface area contributed by atoms with E-state index in [1.807, 2.05) is 0 Å². The van der Waals surface area contributed by atoms with Gasteiger partial charge < -0.3 is 10.6 Å². The molecule has 2 saturated heterocycles. The van der Waals surface area contributed by atoms with E-state index < -0.39 is 0 Å². The largest absolute Gasteiger partial charge is 0.355 e. The molecule has 2 aliphatic rings. The molecular weight excluding hydrogens is 128 g/mol. The highest BCUT2D eigenvalue weighted by Gasteiger charge is 2.35. The van der Waals surface area contributed by atoms with Crippen molar-refractivity contribution in [3.63, 3.8) is 0 Å². The van der Waals surface area contributed by atoms with Gasteiger partial charge in [-0.15, -0.1) is 0 Å². The number of piperidine rings is 1.